The summed E-state index contributed by atoms with van der Waals surface area (Å²) in [5, 5.41) is 10.1. The number of rotatable bonds is 4. The van der Waals surface area contributed by atoms with Crippen LogP contribution in [0.4, 0.5) is 0 Å². The van der Waals surface area contributed by atoms with Gasteiger partial charge in [-0.3, -0.25) is 9.69 Å². The molecular formula is C26H25BrN2O4. The lowest BCUT2D eigenvalue weighted by atomic mass is 9.93. The molecule has 0 radical (unpaired) electrons. The predicted octanol–water partition coefficient (Wildman–Crippen LogP) is 5.44. The van der Waals surface area contributed by atoms with Crippen LogP contribution in [0, 0.1) is 0 Å². The number of carbonyl (C=O) groups is 1. The number of hydrogen-bond donors (Lipinski definition) is 2. The molecule has 6 nitrogen and oxygen atoms in total. The molecule has 0 bridgehead atoms. The van der Waals surface area contributed by atoms with Gasteiger partial charge in [0.05, 0.1) is 13.2 Å². The SMILES string of the molecule is COc1ccc(C2c3[nH]c4ccc(Br)cc4c3CCN2C)cc1.O=COc1ccc(O)cc1. The van der Waals surface area contributed by atoms with E-state index in [2.05, 4.69) is 67.9 Å². The van der Waals surface area contributed by atoms with Crippen molar-refractivity contribution < 1.29 is 19.4 Å². The van der Waals surface area contributed by atoms with Crippen molar-refractivity contribution in [3.63, 3.8) is 0 Å². The minimum absolute atomic E-state index is 0.151. The lowest BCUT2D eigenvalue weighted by Crippen LogP contribution is -2.32. The van der Waals surface area contributed by atoms with Crippen LogP contribution in [0.2, 0.25) is 0 Å². The van der Waals surface area contributed by atoms with Crippen molar-refractivity contribution in [3.8, 4) is 17.2 Å². The maximum absolute atomic E-state index is 9.77. The van der Waals surface area contributed by atoms with Gasteiger partial charge >= 0.3 is 0 Å². The van der Waals surface area contributed by atoms with Gasteiger partial charge in [-0.15, -0.1) is 0 Å². The van der Waals surface area contributed by atoms with Crippen LogP contribution in [-0.4, -0.2) is 42.2 Å². The number of likely N-dealkylation sites (N-methyl/N-ethyl adjacent to an activating group) is 1. The van der Waals surface area contributed by atoms with Crippen LogP contribution in [-0.2, 0) is 11.2 Å². The summed E-state index contributed by atoms with van der Waals surface area (Å²) in [6.45, 7) is 1.40. The van der Waals surface area contributed by atoms with Gasteiger partial charge < -0.3 is 19.6 Å². The number of methoxy groups -OCH3 is 1. The van der Waals surface area contributed by atoms with Crippen LogP contribution in [0.3, 0.4) is 0 Å². The highest BCUT2D eigenvalue weighted by molar-refractivity contribution is 9.10. The van der Waals surface area contributed by atoms with Gasteiger partial charge in [0.1, 0.15) is 17.2 Å². The number of benzene rings is 3. The zero-order valence-corrected chi connectivity index (χ0v) is 20.0. The third-order valence-corrected chi connectivity index (χ3v) is 6.28. The highest BCUT2D eigenvalue weighted by Gasteiger charge is 2.29. The first kappa shape index (κ1) is 22.9. The highest BCUT2D eigenvalue weighted by atomic mass is 79.9. The minimum Gasteiger partial charge on any atom is -0.508 e. The fraction of sp³-hybridized carbons (Fsp3) is 0.192. The van der Waals surface area contributed by atoms with Crippen LogP contribution in [0.15, 0.2) is 71.2 Å². The maximum Gasteiger partial charge on any atom is 0.298 e. The van der Waals surface area contributed by atoms with Gasteiger partial charge in [-0.05, 0) is 79.2 Å². The first-order chi connectivity index (χ1) is 16.0. The molecule has 1 unspecified atom stereocenters. The number of fused-ring (bicyclic) bond motifs is 3. The van der Waals surface area contributed by atoms with Gasteiger partial charge in [-0.1, -0.05) is 28.1 Å². The van der Waals surface area contributed by atoms with Crippen molar-refractivity contribution >= 4 is 33.3 Å². The topological polar surface area (TPSA) is 74.8 Å². The summed E-state index contributed by atoms with van der Waals surface area (Å²) in [6, 6.07) is 21.0. The zero-order chi connectivity index (χ0) is 23.4. The monoisotopic (exact) mass is 508 g/mol. The zero-order valence-electron chi connectivity index (χ0n) is 18.4. The average Bonchev–Trinajstić information content (AvgIpc) is 3.19. The Morgan fingerprint density at radius 2 is 1.76 bits per heavy atom. The Labute approximate surface area is 200 Å². The number of H-pyrrole nitrogens is 1. The van der Waals surface area contributed by atoms with Gasteiger partial charge in [-0.25, -0.2) is 0 Å². The lowest BCUT2D eigenvalue weighted by molar-refractivity contribution is -0.120. The molecule has 1 aliphatic heterocycles. The number of aromatic hydroxyl groups is 1. The fourth-order valence-electron chi connectivity index (χ4n) is 4.17. The summed E-state index contributed by atoms with van der Waals surface area (Å²) in [5.74, 6) is 1.47. The van der Waals surface area contributed by atoms with Crippen LogP contribution >= 0.6 is 15.9 Å². The van der Waals surface area contributed by atoms with Crippen LogP contribution in [0.1, 0.15) is 22.9 Å². The molecule has 0 saturated carbocycles. The number of carbonyl (C=O) groups excluding carboxylic acids is 1. The summed E-state index contributed by atoms with van der Waals surface area (Å²) in [5.41, 5.74) is 5.27. The number of phenolic OH excluding ortho intramolecular Hbond substituents is 1. The summed E-state index contributed by atoms with van der Waals surface area (Å²) in [6.07, 6.45) is 1.08. The average molecular weight is 509 g/mol. The third-order valence-electron chi connectivity index (χ3n) is 5.78. The van der Waals surface area contributed by atoms with Crippen molar-refractivity contribution in [3.05, 3.63) is 88.0 Å². The number of nitrogens with one attached hydrogen (secondary N) is 1. The first-order valence-electron chi connectivity index (χ1n) is 10.5. The Hall–Kier alpha value is -3.29. The minimum atomic E-state index is 0.151. The smallest absolute Gasteiger partial charge is 0.298 e. The first-order valence-corrected chi connectivity index (χ1v) is 11.3. The van der Waals surface area contributed by atoms with Crippen molar-refractivity contribution in [1.29, 1.82) is 0 Å². The molecule has 0 fully saturated rings. The second-order valence-electron chi connectivity index (χ2n) is 7.82. The Morgan fingerprint density at radius 3 is 2.42 bits per heavy atom. The van der Waals surface area contributed by atoms with Gasteiger partial charge in [0.15, 0.2) is 0 Å². The molecule has 7 heteroatoms. The van der Waals surface area contributed by atoms with Gasteiger partial charge in [0, 0.05) is 27.6 Å². The van der Waals surface area contributed by atoms with E-state index in [1.54, 1.807) is 7.11 Å². The molecule has 4 aromatic rings. The van der Waals surface area contributed by atoms with E-state index in [0.717, 1.165) is 23.2 Å². The van der Waals surface area contributed by atoms with E-state index >= 15 is 0 Å². The summed E-state index contributed by atoms with van der Waals surface area (Å²) in [4.78, 5) is 15.8. The number of aromatic nitrogens is 1. The summed E-state index contributed by atoms with van der Waals surface area (Å²) < 4.78 is 10.9. The normalized spacial score (nSPS) is 15.3. The Kier molecular flexibility index (Phi) is 7.01. The van der Waals surface area contributed by atoms with Crippen molar-refractivity contribution in [2.45, 2.75) is 12.5 Å². The molecule has 0 amide bonds. The molecule has 1 atom stereocenters. The van der Waals surface area contributed by atoms with Crippen LogP contribution < -0.4 is 9.47 Å². The molecule has 170 valence electrons. The molecule has 33 heavy (non-hydrogen) atoms. The van der Waals surface area contributed by atoms with E-state index < -0.39 is 0 Å². The maximum atomic E-state index is 9.77. The number of aromatic amines is 1. The van der Waals surface area contributed by atoms with E-state index in [0.29, 0.717) is 12.2 Å². The Morgan fingerprint density at radius 1 is 1.06 bits per heavy atom. The van der Waals surface area contributed by atoms with Crippen molar-refractivity contribution in [1.82, 2.24) is 9.88 Å². The van der Waals surface area contributed by atoms with E-state index in [4.69, 9.17) is 9.84 Å². The number of ether oxygens (including phenoxy) is 2. The van der Waals surface area contributed by atoms with E-state index in [-0.39, 0.29) is 11.8 Å². The predicted molar refractivity (Wildman–Crippen MR) is 132 cm³/mol. The number of phenols is 1. The van der Waals surface area contributed by atoms with E-state index in [9.17, 15) is 4.79 Å². The third kappa shape index (κ3) is 5.05. The standard InChI is InChI=1S/C19H19BrN2O.C7H6O3/c1-22-10-9-15-16-11-13(20)5-8-17(16)21-18(15)19(22)12-3-6-14(23-2)7-4-12;8-5-10-7-3-1-6(9)2-4-7/h3-8,11,19,21H,9-10H2,1-2H3;1-5,9H. The Balaban J connectivity index is 0.000000219. The molecule has 0 aliphatic carbocycles. The second-order valence-corrected chi connectivity index (χ2v) is 8.74. The van der Waals surface area contributed by atoms with Gasteiger partial charge in [0.2, 0.25) is 0 Å². The van der Waals surface area contributed by atoms with E-state index in [1.165, 1.54) is 52.0 Å². The van der Waals surface area contributed by atoms with Crippen molar-refractivity contribution in [2.75, 3.05) is 20.7 Å². The van der Waals surface area contributed by atoms with Crippen LogP contribution in [0.5, 0.6) is 17.2 Å². The van der Waals surface area contributed by atoms with E-state index in [1.807, 2.05) is 12.1 Å². The summed E-state index contributed by atoms with van der Waals surface area (Å²) in [7, 11) is 3.90. The summed E-state index contributed by atoms with van der Waals surface area (Å²) >= 11 is 3.59. The molecule has 2 heterocycles. The highest BCUT2D eigenvalue weighted by Crippen LogP contribution is 2.38. The molecule has 0 spiro atoms. The molecule has 2 N–H and O–H groups in total. The number of halogens is 1. The van der Waals surface area contributed by atoms with Gasteiger partial charge in [-0.2, -0.15) is 0 Å². The molecular weight excluding hydrogens is 484 g/mol. The quantitative estimate of drug-likeness (QED) is 0.359. The lowest BCUT2D eigenvalue weighted by Gasteiger charge is -2.33. The molecule has 1 aromatic heterocycles. The largest absolute Gasteiger partial charge is 0.508 e. The van der Waals surface area contributed by atoms with Crippen molar-refractivity contribution in [2.24, 2.45) is 0 Å². The Bertz CT molecular complexity index is 1240. The molecule has 0 saturated heterocycles. The molecule has 1 aliphatic rings. The fourth-order valence-corrected chi connectivity index (χ4v) is 4.53. The molecule has 5 rings (SSSR count). The molecule has 3 aromatic carbocycles. The van der Waals surface area contributed by atoms with Gasteiger partial charge in [0.25, 0.3) is 6.47 Å². The van der Waals surface area contributed by atoms with Crippen LogP contribution in [0.25, 0.3) is 10.9 Å². The second kappa shape index (κ2) is 10.1. The number of hydrogen-bond acceptors (Lipinski definition) is 5. The number of nitrogens with zero attached hydrogens (tertiary/aromatic N) is 1.